The summed E-state index contributed by atoms with van der Waals surface area (Å²) >= 11 is 0. The van der Waals surface area contributed by atoms with Gasteiger partial charge in [-0.05, 0) is 36.8 Å². The molecule has 26 heavy (non-hydrogen) atoms. The monoisotopic (exact) mass is 356 g/mol. The van der Waals surface area contributed by atoms with Crippen LogP contribution in [-0.4, -0.2) is 32.0 Å². The maximum Gasteiger partial charge on any atom is 0.339 e. The van der Waals surface area contributed by atoms with Gasteiger partial charge in [0.2, 0.25) is 0 Å². The summed E-state index contributed by atoms with van der Waals surface area (Å²) in [6.45, 7) is 1.76. The Morgan fingerprint density at radius 1 is 0.923 bits per heavy atom. The number of para-hydroxylation sites is 1. The van der Waals surface area contributed by atoms with Crippen molar-refractivity contribution in [3.05, 3.63) is 59.7 Å². The van der Waals surface area contributed by atoms with Crippen LogP contribution in [0.25, 0.3) is 0 Å². The van der Waals surface area contributed by atoms with Crippen molar-refractivity contribution < 1.29 is 23.9 Å². The van der Waals surface area contributed by atoms with Gasteiger partial charge in [-0.1, -0.05) is 24.3 Å². The van der Waals surface area contributed by atoms with Gasteiger partial charge in [-0.3, -0.25) is 9.59 Å². The molecule has 7 heteroatoms. The molecule has 0 heterocycles. The van der Waals surface area contributed by atoms with Gasteiger partial charge >= 0.3 is 17.8 Å². The van der Waals surface area contributed by atoms with Gasteiger partial charge in [-0.25, -0.2) is 4.79 Å². The molecule has 2 aromatic rings. The van der Waals surface area contributed by atoms with E-state index in [2.05, 4.69) is 15.4 Å². The lowest BCUT2D eigenvalue weighted by atomic mass is 10.1. The number of benzene rings is 2. The van der Waals surface area contributed by atoms with Crippen molar-refractivity contribution >= 4 is 23.5 Å². The van der Waals surface area contributed by atoms with Crippen LogP contribution in [0.3, 0.4) is 0 Å². The number of hydrogen-bond acceptors (Lipinski definition) is 5. The minimum atomic E-state index is -0.873. The molecule has 0 radical (unpaired) electrons. The molecular formula is C19H20N2O5. The molecule has 0 spiro atoms. The van der Waals surface area contributed by atoms with E-state index >= 15 is 0 Å². The average Bonchev–Trinajstić information content (AvgIpc) is 2.67. The zero-order chi connectivity index (χ0) is 19.1. The largest absolute Gasteiger partial charge is 0.497 e. The number of rotatable bonds is 5. The van der Waals surface area contributed by atoms with Gasteiger partial charge in [-0.2, -0.15) is 0 Å². The van der Waals surface area contributed by atoms with Crippen molar-refractivity contribution in [3.63, 3.8) is 0 Å². The van der Waals surface area contributed by atoms with Crippen LogP contribution in [0.1, 0.15) is 28.9 Å². The Hall–Kier alpha value is -3.35. The van der Waals surface area contributed by atoms with Crippen LogP contribution < -0.4 is 15.4 Å². The Balaban J connectivity index is 2.03. The second-order valence-electron chi connectivity index (χ2n) is 5.46. The van der Waals surface area contributed by atoms with Crippen LogP contribution in [0.4, 0.5) is 5.69 Å². The van der Waals surface area contributed by atoms with E-state index in [9.17, 15) is 14.4 Å². The third-order valence-corrected chi connectivity index (χ3v) is 3.75. The number of anilines is 1. The molecule has 0 saturated carbocycles. The number of methoxy groups -OCH3 is 2. The van der Waals surface area contributed by atoms with Gasteiger partial charge in [0.15, 0.2) is 0 Å². The Labute approximate surface area is 151 Å². The molecular weight excluding hydrogens is 336 g/mol. The van der Waals surface area contributed by atoms with E-state index in [-0.39, 0.29) is 17.3 Å². The first-order valence-corrected chi connectivity index (χ1v) is 7.89. The Bertz CT molecular complexity index is 802. The maximum absolute atomic E-state index is 12.1. The molecule has 2 amide bonds. The molecule has 2 rings (SSSR count). The van der Waals surface area contributed by atoms with Crippen molar-refractivity contribution in [3.8, 4) is 5.75 Å². The molecule has 2 aromatic carbocycles. The van der Waals surface area contributed by atoms with Crippen molar-refractivity contribution in [2.45, 2.75) is 13.0 Å². The molecule has 0 bridgehead atoms. The second kappa shape index (κ2) is 8.66. The third-order valence-electron chi connectivity index (χ3n) is 3.75. The normalized spacial score (nSPS) is 11.2. The van der Waals surface area contributed by atoms with E-state index in [0.29, 0.717) is 5.75 Å². The van der Waals surface area contributed by atoms with Crippen LogP contribution in [0.2, 0.25) is 0 Å². The van der Waals surface area contributed by atoms with E-state index in [1.807, 2.05) is 0 Å². The highest BCUT2D eigenvalue weighted by Crippen LogP contribution is 2.18. The lowest BCUT2D eigenvalue weighted by Crippen LogP contribution is -2.37. The lowest BCUT2D eigenvalue weighted by Gasteiger charge is -2.15. The van der Waals surface area contributed by atoms with Gasteiger partial charge in [0.1, 0.15) is 5.75 Å². The minimum absolute atomic E-state index is 0.166. The number of carbonyl (C=O) groups is 3. The zero-order valence-corrected chi connectivity index (χ0v) is 14.7. The minimum Gasteiger partial charge on any atom is -0.497 e. The summed E-state index contributed by atoms with van der Waals surface area (Å²) in [4.78, 5) is 36.0. The molecule has 7 nitrogen and oxygen atoms in total. The van der Waals surface area contributed by atoms with E-state index < -0.39 is 17.8 Å². The first-order valence-electron chi connectivity index (χ1n) is 7.89. The van der Waals surface area contributed by atoms with E-state index in [0.717, 1.165) is 5.56 Å². The van der Waals surface area contributed by atoms with Crippen LogP contribution in [0, 0.1) is 0 Å². The average molecular weight is 356 g/mol. The molecule has 0 saturated heterocycles. The summed E-state index contributed by atoms with van der Waals surface area (Å²) in [7, 11) is 2.81. The number of hydrogen-bond donors (Lipinski definition) is 2. The molecule has 0 aliphatic rings. The van der Waals surface area contributed by atoms with E-state index in [1.54, 1.807) is 50.4 Å². The summed E-state index contributed by atoms with van der Waals surface area (Å²) in [6.07, 6.45) is 0. The molecule has 0 aromatic heterocycles. The highest BCUT2D eigenvalue weighted by atomic mass is 16.5. The molecule has 0 aliphatic heterocycles. The number of carbonyl (C=O) groups excluding carboxylic acids is 3. The van der Waals surface area contributed by atoms with Crippen molar-refractivity contribution in [2.75, 3.05) is 19.5 Å². The summed E-state index contributed by atoms with van der Waals surface area (Å²) in [5, 5.41) is 5.04. The molecule has 2 N–H and O–H groups in total. The summed E-state index contributed by atoms with van der Waals surface area (Å²) in [6, 6.07) is 13.0. The predicted octanol–water partition coefficient (Wildman–Crippen LogP) is 2.30. The van der Waals surface area contributed by atoms with Gasteiger partial charge in [0.05, 0.1) is 31.5 Å². The fraction of sp³-hybridized carbons (Fsp3) is 0.211. The van der Waals surface area contributed by atoms with Gasteiger partial charge < -0.3 is 20.1 Å². The van der Waals surface area contributed by atoms with Crippen LogP contribution in [-0.2, 0) is 14.3 Å². The van der Waals surface area contributed by atoms with Crippen molar-refractivity contribution in [2.24, 2.45) is 0 Å². The Morgan fingerprint density at radius 2 is 1.58 bits per heavy atom. The Morgan fingerprint density at radius 3 is 2.19 bits per heavy atom. The van der Waals surface area contributed by atoms with Crippen LogP contribution in [0.5, 0.6) is 5.75 Å². The molecule has 1 atom stereocenters. The number of amides is 2. The summed E-state index contributed by atoms with van der Waals surface area (Å²) in [5.74, 6) is -1.59. The molecule has 1 unspecified atom stereocenters. The molecule has 136 valence electrons. The molecule has 0 fully saturated rings. The summed E-state index contributed by atoms with van der Waals surface area (Å²) < 4.78 is 9.74. The Kier molecular flexibility index (Phi) is 6.32. The lowest BCUT2D eigenvalue weighted by molar-refractivity contribution is -0.136. The first kappa shape index (κ1) is 19.0. The van der Waals surface area contributed by atoms with Crippen LogP contribution in [0.15, 0.2) is 48.5 Å². The SMILES string of the molecule is COC(=O)c1ccccc1NC(=O)C(=O)NC(C)c1ccc(OC)cc1. The number of esters is 1. The third kappa shape index (κ3) is 4.60. The highest BCUT2D eigenvalue weighted by Gasteiger charge is 2.20. The van der Waals surface area contributed by atoms with Crippen LogP contribution >= 0.6 is 0 Å². The number of ether oxygens (including phenoxy) is 2. The second-order valence-corrected chi connectivity index (χ2v) is 5.46. The van der Waals surface area contributed by atoms with Crippen molar-refractivity contribution in [1.29, 1.82) is 0 Å². The van der Waals surface area contributed by atoms with Crippen molar-refractivity contribution in [1.82, 2.24) is 5.32 Å². The first-order chi connectivity index (χ1) is 12.5. The zero-order valence-electron chi connectivity index (χ0n) is 14.7. The standard InChI is InChI=1S/C19H20N2O5/c1-12(13-8-10-14(25-2)11-9-13)20-17(22)18(23)21-16-7-5-4-6-15(16)19(24)26-3/h4-12H,1-3H3,(H,20,22)(H,21,23). The quantitative estimate of drug-likeness (QED) is 0.633. The smallest absolute Gasteiger partial charge is 0.339 e. The van der Waals surface area contributed by atoms with E-state index in [4.69, 9.17) is 4.74 Å². The maximum atomic E-state index is 12.1. The van der Waals surface area contributed by atoms with E-state index in [1.165, 1.54) is 19.2 Å². The molecule has 0 aliphatic carbocycles. The number of nitrogens with one attached hydrogen (secondary N) is 2. The fourth-order valence-electron chi connectivity index (χ4n) is 2.30. The highest BCUT2D eigenvalue weighted by molar-refractivity contribution is 6.40. The van der Waals surface area contributed by atoms with Gasteiger partial charge in [0.25, 0.3) is 0 Å². The summed E-state index contributed by atoms with van der Waals surface area (Å²) in [5.41, 5.74) is 1.19. The fourth-order valence-corrected chi connectivity index (χ4v) is 2.30. The van der Waals surface area contributed by atoms with Gasteiger partial charge in [0, 0.05) is 0 Å². The topological polar surface area (TPSA) is 93.7 Å². The van der Waals surface area contributed by atoms with Gasteiger partial charge in [-0.15, -0.1) is 0 Å². The predicted molar refractivity (Wildman–Crippen MR) is 96.0 cm³/mol.